The minimum Gasteiger partial charge on any atom is -0.328 e. The zero-order valence-corrected chi connectivity index (χ0v) is 21.3. The fraction of sp³-hybridized carbons (Fsp3) is 0.115. The SMILES string of the molecule is CC1=C(C(=O)Nc2ccccc2)C(c2ccc([N+](=O)[O-])cc2)n2nc(SCc3ccc([N+](=O)[O-])cc3)nc2N1. The van der Waals surface area contributed by atoms with Gasteiger partial charge in [0.2, 0.25) is 11.1 Å². The van der Waals surface area contributed by atoms with E-state index in [2.05, 4.69) is 20.7 Å². The van der Waals surface area contributed by atoms with Crippen LogP contribution in [0.25, 0.3) is 0 Å². The number of nitro groups is 2. The number of allylic oxidation sites excluding steroid dienone is 1. The molecule has 1 aromatic heterocycles. The fourth-order valence-corrected chi connectivity index (χ4v) is 4.94. The molecule has 1 unspecified atom stereocenters. The van der Waals surface area contributed by atoms with Crippen molar-refractivity contribution in [3.63, 3.8) is 0 Å². The molecule has 0 bridgehead atoms. The highest BCUT2D eigenvalue weighted by Crippen LogP contribution is 2.37. The van der Waals surface area contributed by atoms with Crippen molar-refractivity contribution in [3.05, 3.63) is 121 Å². The van der Waals surface area contributed by atoms with E-state index in [1.807, 2.05) is 18.2 Å². The molecule has 5 rings (SSSR count). The van der Waals surface area contributed by atoms with Crippen LogP contribution in [0.3, 0.4) is 0 Å². The molecular weight excluding hydrogens is 522 g/mol. The summed E-state index contributed by atoms with van der Waals surface area (Å²) in [6.45, 7) is 1.76. The highest BCUT2D eigenvalue weighted by atomic mass is 32.2. The third kappa shape index (κ3) is 5.48. The van der Waals surface area contributed by atoms with Crippen LogP contribution < -0.4 is 10.6 Å². The second kappa shape index (κ2) is 10.8. The van der Waals surface area contributed by atoms with Crippen molar-refractivity contribution in [3.8, 4) is 0 Å². The molecule has 4 aromatic rings. The number of benzene rings is 3. The Labute approximate surface area is 226 Å². The van der Waals surface area contributed by atoms with Crippen LogP contribution in [0.15, 0.2) is 95.3 Å². The smallest absolute Gasteiger partial charge is 0.269 e. The van der Waals surface area contributed by atoms with Crippen molar-refractivity contribution in [2.75, 3.05) is 10.6 Å². The van der Waals surface area contributed by atoms with E-state index in [1.165, 1.54) is 36.0 Å². The first kappa shape index (κ1) is 25.6. The van der Waals surface area contributed by atoms with Crippen molar-refractivity contribution in [2.45, 2.75) is 23.9 Å². The molecule has 0 saturated heterocycles. The molecular formula is C26H21N7O5S. The summed E-state index contributed by atoms with van der Waals surface area (Å²) in [7, 11) is 0. The van der Waals surface area contributed by atoms with Crippen LogP contribution >= 0.6 is 11.8 Å². The number of hydrogen-bond acceptors (Lipinski definition) is 9. The maximum Gasteiger partial charge on any atom is 0.269 e. The molecule has 1 amide bonds. The predicted octanol–water partition coefficient (Wildman–Crippen LogP) is 5.31. The number of para-hydroxylation sites is 1. The Balaban J connectivity index is 1.46. The molecule has 196 valence electrons. The van der Waals surface area contributed by atoms with Gasteiger partial charge in [-0.15, -0.1) is 5.10 Å². The highest BCUT2D eigenvalue weighted by Gasteiger charge is 2.34. The Bertz CT molecular complexity index is 1590. The summed E-state index contributed by atoms with van der Waals surface area (Å²) in [6.07, 6.45) is 0. The van der Waals surface area contributed by atoms with E-state index >= 15 is 0 Å². The molecule has 1 aliphatic rings. The lowest BCUT2D eigenvalue weighted by Gasteiger charge is -2.28. The lowest BCUT2D eigenvalue weighted by molar-refractivity contribution is -0.385. The number of carbonyl (C=O) groups is 1. The summed E-state index contributed by atoms with van der Waals surface area (Å²) < 4.78 is 1.59. The quantitative estimate of drug-likeness (QED) is 0.170. The molecule has 13 heteroatoms. The Morgan fingerprint density at radius 2 is 1.59 bits per heavy atom. The number of carbonyl (C=O) groups excluding carboxylic acids is 1. The number of fused-ring (bicyclic) bond motifs is 1. The summed E-state index contributed by atoms with van der Waals surface area (Å²) in [4.78, 5) is 39.3. The van der Waals surface area contributed by atoms with Crippen LogP contribution in [0.4, 0.5) is 23.0 Å². The number of amides is 1. The topological polar surface area (TPSA) is 158 Å². The van der Waals surface area contributed by atoms with E-state index in [1.54, 1.807) is 48.0 Å². The van der Waals surface area contributed by atoms with E-state index in [0.717, 1.165) is 5.56 Å². The van der Waals surface area contributed by atoms with E-state index in [9.17, 15) is 25.0 Å². The number of anilines is 2. The number of nitrogens with zero attached hydrogens (tertiary/aromatic N) is 5. The van der Waals surface area contributed by atoms with E-state index < -0.39 is 15.9 Å². The predicted molar refractivity (Wildman–Crippen MR) is 145 cm³/mol. The molecule has 0 fully saturated rings. The van der Waals surface area contributed by atoms with Crippen LogP contribution in [-0.4, -0.2) is 30.5 Å². The summed E-state index contributed by atoms with van der Waals surface area (Å²) in [5, 5.41) is 33.3. The maximum atomic E-state index is 13.5. The summed E-state index contributed by atoms with van der Waals surface area (Å²) >= 11 is 1.34. The van der Waals surface area contributed by atoms with Gasteiger partial charge in [-0.1, -0.05) is 42.1 Å². The standard InChI is InChI=1S/C26H21N7O5S/c1-16-22(24(34)28-19-5-3-2-4-6-19)23(18-9-13-21(14-10-18)33(37)38)31-25(27-16)29-26(30-31)39-15-17-7-11-20(12-8-17)32(35)36/h2-14,23H,15H2,1H3,(H,28,34)(H,27,29,30). The second-order valence-electron chi connectivity index (χ2n) is 8.61. The Hall–Kier alpha value is -5.04. The first-order valence-corrected chi connectivity index (χ1v) is 12.7. The van der Waals surface area contributed by atoms with Gasteiger partial charge in [0.15, 0.2) is 0 Å². The van der Waals surface area contributed by atoms with Crippen LogP contribution in [0.5, 0.6) is 0 Å². The van der Waals surface area contributed by atoms with Gasteiger partial charge in [-0.25, -0.2) is 4.68 Å². The average molecular weight is 544 g/mol. The summed E-state index contributed by atoms with van der Waals surface area (Å²) in [5.74, 6) is 0.534. The molecule has 3 aromatic carbocycles. The average Bonchev–Trinajstić information content (AvgIpc) is 3.34. The zero-order valence-electron chi connectivity index (χ0n) is 20.5. The number of non-ortho nitro benzene ring substituents is 2. The van der Waals surface area contributed by atoms with Gasteiger partial charge < -0.3 is 10.6 Å². The van der Waals surface area contributed by atoms with Gasteiger partial charge in [-0.05, 0) is 42.3 Å². The van der Waals surface area contributed by atoms with Crippen molar-refractivity contribution in [1.82, 2.24) is 14.8 Å². The minimum absolute atomic E-state index is 0.0114. The largest absolute Gasteiger partial charge is 0.328 e. The molecule has 2 heterocycles. The fourth-order valence-electron chi connectivity index (χ4n) is 4.15. The number of nitro benzene ring substituents is 2. The van der Waals surface area contributed by atoms with Crippen LogP contribution in [-0.2, 0) is 10.5 Å². The van der Waals surface area contributed by atoms with Crippen LogP contribution in [0.2, 0.25) is 0 Å². The van der Waals surface area contributed by atoms with Gasteiger partial charge in [0.25, 0.3) is 17.3 Å². The van der Waals surface area contributed by atoms with Crippen LogP contribution in [0, 0.1) is 20.2 Å². The first-order valence-electron chi connectivity index (χ1n) is 11.7. The van der Waals surface area contributed by atoms with Crippen molar-refractivity contribution < 1.29 is 14.6 Å². The third-order valence-electron chi connectivity index (χ3n) is 6.04. The zero-order chi connectivity index (χ0) is 27.5. The van der Waals surface area contributed by atoms with Gasteiger partial charge >= 0.3 is 0 Å². The van der Waals surface area contributed by atoms with Gasteiger partial charge in [0.1, 0.15) is 6.04 Å². The van der Waals surface area contributed by atoms with Crippen molar-refractivity contribution >= 4 is 40.7 Å². The van der Waals surface area contributed by atoms with E-state index in [4.69, 9.17) is 0 Å². The third-order valence-corrected chi connectivity index (χ3v) is 6.95. The van der Waals surface area contributed by atoms with Gasteiger partial charge in [0, 0.05) is 41.4 Å². The maximum absolute atomic E-state index is 13.5. The lowest BCUT2D eigenvalue weighted by atomic mass is 9.95. The first-order chi connectivity index (χ1) is 18.8. The van der Waals surface area contributed by atoms with E-state index in [-0.39, 0.29) is 17.3 Å². The molecule has 0 aliphatic carbocycles. The number of thioether (sulfide) groups is 1. The molecule has 39 heavy (non-hydrogen) atoms. The number of nitrogens with one attached hydrogen (secondary N) is 2. The minimum atomic E-state index is -0.702. The van der Waals surface area contributed by atoms with Crippen molar-refractivity contribution in [1.29, 1.82) is 0 Å². The van der Waals surface area contributed by atoms with Gasteiger partial charge in [-0.2, -0.15) is 4.98 Å². The van der Waals surface area contributed by atoms with Gasteiger partial charge in [-0.3, -0.25) is 25.0 Å². The molecule has 0 radical (unpaired) electrons. The number of hydrogen-bond donors (Lipinski definition) is 2. The molecule has 1 atom stereocenters. The lowest BCUT2D eigenvalue weighted by Crippen LogP contribution is -2.31. The molecule has 0 saturated carbocycles. The van der Waals surface area contributed by atoms with Crippen LogP contribution in [0.1, 0.15) is 24.1 Å². The normalized spacial score (nSPS) is 14.3. The Morgan fingerprint density at radius 1 is 0.974 bits per heavy atom. The number of rotatable bonds is 8. The monoisotopic (exact) mass is 543 g/mol. The molecule has 2 N–H and O–H groups in total. The highest BCUT2D eigenvalue weighted by molar-refractivity contribution is 7.98. The van der Waals surface area contributed by atoms with Gasteiger partial charge in [0.05, 0.1) is 15.4 Å². The summed E-state index contributed by atoms with van der Waals surface area (Å²) in [6, 6.07) is 20.6. The Morgan fingerprint density at radius 3 is 2.21 bits per heavy atom. The number of aromatic nitrogens is 3. The second-order valence-corrected chi connectivity index (χ2v) is 9.55. The van der Waals surface area contributed by atoms with E-state index in [0.29, 0.717) is 39.4 Å². The summed E-state index contributed by atoms with van der Waals surface area (Å²) in [5.41, 5.74) is 3.00. The molecule has 0 spiro atoms. The van der Waals surface area contributed by atoms with Crippen molar-refractivity contribution in [2.24, 2.45) is 0 Å². The molecule has 12 nitrogen and oxygen atoms in total. The Kier molecular flexibility index (Phi) is 7.06. The molecule has 1 aliphatic heterocycles.